The van der Waals surface area contributed by atoms with Gasteiger partial charge in [-0.05, 0) is 48.6 Å². The number of pyridine rings is 1. The molecule has 0 aliphatic rings. The minimum absolute atomic E-state index is 0.351. The van der Waals surface area contributed by atoms with Gasteiger partial charge in [-0.2, -0.15) is 0 Å². The Morgan fingerprint density at radius 3 is 2.61 bits per heavy atom. The number of nitrogens with one attached hydrogen (secondary N) is 2. The molecule has 0 radical (unpaired) electrons. The lowest BCUT2D eigenvalue weighted by Crippen LogP contribution is -2.04. The van der Waals surface area contributed by atoms with Crippen LogP contribution in [-0.2, 0) is 0 Å². The van der Waals surface area contributed by atoms with E-state index in [9.17, 15) is 0 Å². The Balaban J connectivity index is 1.79. The molecule has 0 aliphatic carbocycles. The lowest BCUT2D eigenvalue weighted by atomic mass is 10.1. The predicted molar refractivity (Wildman–Crippen MR) is 120 cm³/mol. The zero-order valence-corrected chi connectivity index (χ0v) is 16.5. The number of allylic oxidation sites excluding steroid dienone is 1. The molecule has 4 N–H and O–H groups in total. The van der Waals surface area contributed by atoms with E-state index in [4.69, 9.17) is 11.1 Å². The lowest BCUT2D eigenvalue weighted by molar-refractivity contribution is 1.12. The van der Waals surface area contributed by atoms with Crippen LogP contribution in [0.5, 0.6) is 0 Å². The van der Waals surface area contributed by atoms with Crippen molar-refractivity contribution in [3.05, 3.63) is 96.3 Å². The second-order valence-corrected chi connectivity index (χ2v) is 7.19. The maximum Gasteiger partial charge on any atom is 0.0633 e. The number of anilines is 1. The third kappa shape index (κ3) is 4.69. The fourth-order valence-electron chi connectivity index (χ4n) is 2.65. The molecule has 2 aromatic carbocycles. The lowest BCUT2D eigenvalue weighted by Gasteiger charge is -2.12. The van der Waals surface area contributed by atoms with Crippen LogP contribution in [0.2, 0.25) is 0 Å². The van der Waals surface area contributed by atoms with Gasteiger partial charge in [-0.15, -0.1) is 0 Å². The van der Waals surface area contributed by atoms with Crippen molar-refractivity contribution in [2.45, 2.75) is 9.79 Å². The Labute approximate surface area is 169 Å². The van der Waals surface area contributed by atoms with Crippen molar-refractivity contribution in [3.63, 3.8) is 0 Å². The molecule has 0 saturated heterocycles. The summed E-state index contributed by atoms with van der Waals surface area (Å²) < 4.78 is 0. The molecule has 28 heavy (non-hydrogen) atoms. The van der Waals surface area contributed by atoms with Crippen molar-refractivity contribution in [2.24, 2.45) is 0 Å². The summed E-state index contributed by atoms with van der Waals surface area (Å²) in [4.78, 5) is 6.34. The van der Waals surface area contributed by atoms with Crippen LogP contribution in [0.25, 0.3) is 11.8 Å². The topological polar surface area (TPSA) is 74.8 Å². The van der Waals surface area contributed by atoms with Crippen LogP contribution in [0.15, 0.2) is 89.3 Å². The molecule has 0 spiro atoms. The molecule has 0 atom stereocenters. The molecule has 1 heterocycles. The smallest absolute Gasteiger partial charge is 0.0633 e. The summed E-state index contributed by atoms with van der Waals surface area (Å²) in [7, 11) is 1.86. The SMILES string of the molecule is C=C(NC)c1ccccc1Sc1ccc(C(=N)/C=C/c2ccccn2)c(N)c1. The number of hydrogen-bond acceptors (Lipinski definition) is 5. The van der Waals surface area contributed by atoms with Crippen LogP contribution in [0.4, 0.5) is 5.69 Å². The van der Waals surface area contributed by atoms with E-state index >= 15 is 0 Å². The second-order valence-electron chi connectivity index (χ2n) is 6.08. The van der Waals surface area contributed by atoms with E-state index < -0.39 is 0 Å². The monoisotopic (exact) mass is 386 g/mol. The molecule has 1 aromatic heterocycles. The standard InChI is InChI=1S/C23H22N4S/c1-16(26-2)19-8-3-4-9-23(19)28-18-11-12-20(22(25)15-18)21(24)13-10-17-7-5-6-14-27-17/h3-15,24,26H,1,25H2,2H3/b13-10+,24-21?. The van der Waals surface area contributed by atoms with Crippen LogP contribution >= 0.6 is 11.8 Å². The fourth-order valence-corrected chi connectivity index (χ4v) is 3.67. The highest BCUT2D eigenvalue weighted by atomic mass is 32.2. The van der Waals surface area contributed by atoms with Gasteiger partial charge >= 0.3 is 0 Å². The zero-order chi connectivity index (χ0) is 19.9. The van der Waals surface area contributed by atoms with Gasteiger partial charge in [-0.3, -0.25) is 4.98 Å². The second kappa shape index (κ2) is 9.06. The van der Waals surface area contributed by atoms with E-state index in [1.54, 1.807) is 24.0 Å². The average Bonchev–Trinajstić information content (AvgIpc) is 2.73. The molecule has 140 valence electrons. The first-order valence-corrected chi connectivity index (χ1v) is 9.61. The third-order valence-electron chi connectivity index (χ3n) is 4.16. The molecular weight excluding hydrogens is 364 g/mol. The van der Waals surface area contributed by atoms with Gasteiger partial charge in [0.2, 0.25) is 0 Å². The van der Waals surface area contributed by atoms with Crippen LogP contribution < -0.4 is 11.1 Å². The molecule has 5 heteroatoms. The molecule has 0 aliphatic heterocycles. The number of nitrogens with zero attached hydrogens (tertiary/aromatic N) is 1. The number of hydrogen-bond donors (Lipinski definition) is 3. The van der Waals surface area contributed by atoms with Gasteiger partial charge in [0, 0.05) is 45.5 Å². The van der Waals surface area contributed by atoms with E-state index in [2.05, 4.69) is 22.9 Å². The third-order valence-corrected chi connectivity index (χ3v) is 5.23. The number of benzene rings is 2. The Morgan fingerprint density at radius 1 is 1.11 bits per heavy atom. The summed E-state index contributed by atoms with van der Waals surface area (Å²) in [6, 6.07) is 19.5. The van der Waals surface area contributed by atoms with Gasteiger partial charge in [-0.25, -0.2) is 0 Å². The highest BCUT2D eigenvalue weighted by Crippen LogP contribution is 2.34. The Kier molecular flexibility index (Phi) is 6.29. The maximum atomic E-state index is 8.31. The van der Waals surface area contributed by atoms with Gasteiger partial charge in [0.1, 0.15) is 0 Å². The Morgan fingerprint density at radius 2 is 1.89 bits per heavy atom. The van der Waals surface area contributed by atoms with Crippen LogP contribution in [0, 0.1) is 5.41 Å². The first-order chi connectivity index (χ1) is 13.6. The van der Waals surface area contributed by atoms with Crippen molar-refractivity contribution < 1.29 is 0 Å². The summed E-state index contributed by atoms with van der Waals surface area (Å²) >= 11 is 1.62. The van der Waals surface area contributed by atoms with E-state index in [-0.39, 0.29) is 0 Å². The quantitative estimate of drug-likeness (QED) is 0.391. The molecule has 4 nitrogen and oxygen atoms in total. The van der Waals surface area contributed by atoms with E-state index in [0.717, 1.165) is 26.7 Å². The molecule has 3 rings (SSSR count). The van der Waals surface area contributed by atoms with Crippen molar-refractivity contribution >= 4 is 34.9 Å². The molecule has 3 aromatic rings. The minimum Gasteiger partial charge on any atom is -0.398 e. The van der Waals surface area contributed by atoms with Gasteiger partial charge in [0.25, 0.3) is 0 Å². The van der Waals surface area contributed by atoms with Gasteiger partial charge < -0.3 is 16.5 Å². The molecular formula is C23H22N4S. The average molecular weight is 387 g/mol. The number of aromatic nitrogens is 1. The number of nitrogen functional groups attached to an aromatic ring is 1. The van der Waals surface area contributed by atoms with Crippen molar-refractivity contribution in [1.82, 2.24) is 10.3 Å². The molecule has 0 amide bonds. The zero-order valence-electron chi connectivity index (χ0n) is 15.6. The van der Waals surface area contributed by atoms with Gasteiger partial charge in [0.15, 0.2) is 0 Å². The van der Waals surface area contributed by atoms with Crippen molar-refractivity contribution in [2.75, 3.05) is 12.8 Å². The summed E-state index contributed by atoms with van der Waals surface area (Å²) in [6.45, 7) is 4.06. The molecule has 0 unspecified atom stereocenters. The van der Waals surface area contributed by atoms with Gasteiger partial charge in [-0.1, -0.05) is 42.6 Å². The highest BCUT2D eigenvalue weighted by Gasteiger charge is 2.09. The first-order valence-electron chi connectivity index (χ1n) is 8.80. The Hall–Kier alpha value is -3.31. The number of nitrogens with two attached hydrogens (primary N) is 1. The fraction of sp³-hybridized carbons (Fsp3) is 0.0435. The van der Waals surface area contributed by atoms with E-state index in [1.165, 1.54) is 0 Å². The summed E-state index contributed by atoms with van der Waals surface area (Å²) in [5.41, 5.74) is 10.6. The van der Waals surface area contributed by atoms with Gasteiger partial charge in [0.05, 0.1) is 11.4 Å². The molecule has 0 fully saturated rings. The maximum absolute atomic E-state index is 8.31. The number of rotatable bonds is 7. The van der Waals surface area contributed by atoms with E-state index in [0.29, 0.717) is 17.0 Å². The van der Waals surface area contributed by atoms with Crippen LogP contribution in [0.1, 0.15) is 16.8 Å². The first kappa shape index (κ1) is 19.5. The normalized spacial score (nSPS) is 10.8. The summed E-state index contributed by atoms with van der Waals surface area (Å²) in [5, 5.41) is 11.4. The van der Waals surface area contributed by atoms with Crippen LogP contribution in [0.3, 0.4) is 0 Å². The van der Waals surface area contributed by atoms with E-state index in [1.807, 2.05) is 67.7 Å². The predicted octanol–water partition coefficient (Wildman–Crippen LogP) is 5.09. The molecule has 0 saturated carbocycles. The summed E-state index contributed by atoms with van der Waals surface area (Å²) in [5.74, 6) is 0. The molecule has 0 bridgehead atoms. The van der Waals surface area contributed by atoms with Crippen molar-refractivity contribution in [3.8, 4) is 0 Å². The highest BCUT2D eigenvalue weighted by molar-refractivity contribution is 7.99. The summed E-state index contributed by atoms with van der Waals surface area (Å²) in [6.07, 6.45) is 5.25. The van der Waals surface area contributed by atoms with Crippen molar-refractivity contribution in [1.29, 1.82) is 5.41 Å². The largest absolute Gasteiger partial charge is 0.398 e. The Bertz CT molecular complexity index is 1030. The minimum atomic E-state index is 0.351. The van der Waals surface area contributed by atoms with Crippen LogP contribution in [-0.4, -0.2) is 17.7 Å².